The van der Waals surface area contributed by atoms with E-state index in [9.17, 15) is 23.5 Å². The highest BCUT2D eigenvalue weighted by atomic mass is 19.1. The summed E-state index contributed by atoms with van der Waals surface area (Å²) in [5, 5.41) is 10.2. The van der Waals surface area contributed by atoms with E-state index in [2.05, 4.69) is 4.98 Å². The normalized spacial score (nSPS) is 11.0. The van der Waals surface area contributed by atoms with Crippen LogP contribution in [0, 0.1) is 18.6 Å². The molecular weight excluding hydrogens is 414 g/mol. The van der Waals surface area contributed by atoms with Crippen LogP contribution in [0.4, 0.5) is 8.78 Å². The van der Waals surface area contributed by atoms with Crippen molar-refractivity contribution in [1.29, 1.82) is 0 Å². The Hall–Kier alpha value is -4.00. The molecule has 0 spiro atoms. The molecule has 3 aromatic carbocycles. The molecule has 0 fully saturated rings. The number of carbonyl (C=O) groups excluding carboxylic acids is 1. The summed E-state index contributed by atoms with van der Waals surface area (Å²) in [4.78, 5) is 29.2. The van der Waals surface area contributed by atoms with Crippen molar-refractivity contribution in [3.63, 3.8) is 0 Å². The Labute approximate surface area is 182 Å². The van der Waals surface area contributed by atoms with E-state index in [0.717, 1.165) is 45.1 Å². The van der Waals surface area contributed by atoms with E-state index in [1.807, 2.05) is 55.5 Å². The Morgan fingerprint density at radius 2 is 1.66 bits per heavy atom. The molecule has 0 saturated heterocycles. The third-order valence-electron chi connectivity index (χ3n) is 5.14. The number of nitrogens with one attached hydrogen (secondary N) is 1. The van der Waals surface area contributed by atoms with E-state index in [4.69, 9.17) is 0 Å². The first-order chi connectivity index (χ1) is 15.3. The van der Waals surface area contributed by atoms with Crippen molar-refractivity contribution in [3.8, 4) is 11.1 Å². The van der Waals surface area contributed by atoms with Crippen LogP contribution in [0.3, 0.4) is 0 Å². The number of nitrogens with zero attached hydrogens (tertiary/aromatic N) is 1. The lowest BCUT2D eigenvalue weighted by atomic mass is 10.00. The lowest BCUT2D eigenvalue weighted by molar-refractivity contribution is -0.137. The van der Waals surface area contributed by atoms with Crippen molar-refractivity contribution < 1.29 is 23.5 Å². The summed E-state index contributed by atoms with van der Waals surface area (Å²) < 4.78 is 27.3. The van der Waals surface area contributed by atoms with Crippen LogP contribution in [0.25, 0.3) is 22.0 Å². The van der Waals surface area contributed by atoms with Crippen molar-refractivity contribution in [2.75, 3.05) is 6.54 Å². The minimum atomic E-state index is -1.23. The molecule has 4 aromatic rings. The molecular formula is C25H20F2N2O3. The average Bonchev–Trinajstić information content (AvgIpc) is 3.11. The lowest BCUT2D eigenvalue weighted by Gasteiger charge is -2.21. The molecule has 4 rings (SSSR count). The zero-order chi connectivity index (χ0) is 22.8. The first-order valence-corrected chi connectivity index (χ1v) is 9.95. The highest BCUT2D eigenvalue weighted by Crippen LogP contribution is 2.34. The number of aromatic amines is 1. The number of carboxylic acids is 1. The van der Waals surface area contributed by atoms with Gasteiger partial charge in [-0.25, -0.2) is 8.78 Å². The van der Waals surface area contributed by atoms with Crippen molar-refractivity contribution in [3.05, 3.63) is 95.2 Å². The SMILES string of the molecule is Cc1ccc2[nH]c(C(=O)N(CC(=O)O)Cc3cc(F)cc(F)c3)c(-c3ccccc3)c2c1. The van der Waals surface area contributed by atoms with Gasteiger partial charge in [-0.2, -0.15) is 0 Å². The molecule has 0 unspecified atom stereocenters. The maximum Gasteiger partial charge on any atom is 0.323 e. The van der Waals surface area contributed by atoms with E-state index in [0.29, 0.717) is 5.56 Å². The Morgan fingerprint density at radius 3 is 2.31 bits per heavy atom. The van der Waals surface area contributed by atoms with Gasteiger partial charge in [0.1, 0.15) is 23.9 Å². The first kappa shape index (κ1) is 21.2. The Balaban J connectivity index is 1.83. The van der Waals surface area contributed by atoms with Crippen molar-refractivity contribution >= 4 is 22.8 Å². The molecule has 162 valence electrons. The molecule has 0 atom stereocenters. The van der Waals surface area contributed by atoms with Gasteiger partial charge in [0.2, 0.25) is 0 Å². The van der Waals surface area contributed by atoms with Gasteiger partial charge >= 0.3 is 5.97 Å². The van der Waals surface area contributed by atoms with Gasteiger partial charge in [-0.05, 0) is 42.3 Å². The van der Waals surface area contributed by atoms with Gasteiger partial charge in [-0.15, -0.1) is 0 Å². The fourth-order valence-corrected chi connectivity index (χ4v) is 3.81. The van der Waals surface area contributed by atoms with Crippen molar-refractivity contribution in [1.82, 2.24) is 9.88 Å². The Morgan fingerprint density at radius 1 is 0.969 bits per heavy atom. The highest BCUT2D eigenvalue weighted by Gasteiger charge is 2.26. The standard InChI is InChI=1S/C25H20F2N2O3/c1-15-7-8-21-20(9-15)23(17-5-3-2-4-6-17)24(28-21)25(32)29(14-22(30)31)13-16-10-18(26)12-19(27)11-16/h2-12,28H,13-14H2,1H3,(H,30,31). The summed E-state index contributed by atoms with van der Waals surface area (Å²) in [6.45, 7) is 1.06. The van der Waals surface area contributed by atoms with E-state index >= 15 is 0 Å². The molecule has 1 aromatic heterocycles. The molecule has 7 heteroatoms. The van der Waals surface area contributed by atoms with Gasteiger partial charge in [-0.1, -0.05) is 42.0 Å². The Kier molecular flexibility index (Phi) is 5.73. The first-order valence-electron chi connectivity index (χ1n) is 9.95. The van der Waals surface area contributed by atoms with E-state index < -0.39 is 30.1 Å². The second-order valence-electron chi connectivity index (χ2n) is 7.62. The molecule has 0 saturated carbocycles. The number of carboxylic acid groups (broad SMARTS) is 1. The number of fused-ring (bicyclic) bond motifs is 1. The number of benzene rings is 3. The third kappa shape index (κ3) is 4.37. The molecule has 0 aliphatic carbocycles. The molecule has 0 aliphatic rings. The summed E-state index contributed by atoms with van der Waals surface area (Å²) in [5.74, 6) is -3.41. The van der Waals surface area contributed by atoms with Gasteiger partial charge in [-0.3, -0.25) is 9.59 Å². The third-order valence-corrected chi connectivity index (χ3v) is 5.14. The Bertz CT molecular complexity index is 1300. The number of amides is 1. The van der Waals surface area contributed by atoms with Crippen molar-refractivity contribution in [2.24, 2.45) is 0 Å². The van der Waals surface area contributed by atoms with Crippen LogP contribution in [0.5, 0.6) is 0 Å². The van der Waals surface area contributed by atoms with Crippen LogP contribution in [0.1, 0.15) is 21.6 Å². The predicted octanol–water partition coefficient (Wildman–Crippen LogP) is 5.15. The zero-order valence-electron chi connectivity index (χ0n) is 17.2. The number of aromatic nitrogens is 1. The van der Waals surface area contributed by atoms with Gasteiger partial charge in [0.25, 0.3) is 5.91 Å². The molecule has 1 amide bonds. The number of carbonyl (C=O) groups is 2. The molecule has 0 aliphatic heterocycles. The molecule has 0 radical (unpaired) electrons. The summed E-state index contributed by atoms with van der Waals surface area (Å²) in [6, 6.07) is 17.9. The number of H-pyrrole nitrogens is 1. The summed E-state index contributed by atoms with van der Waals surface area (Å²) in [7, 11) is 0. The van der Waals surface area contributed by atoms with Gasteiger partial charge in [0.15, 0.2) is 0 Å². The molecule has 0 bridgehead atoms. The number of hydrogen-bond acceptors (Lipinski definition) is 2. The van der Waals surface area contributed by atoms with E-state index in [-0.39, 0.29) is 17.8 Å². The number of aliphatic carboxylic acids is 1. The minimum absolute atomic E-state index is 0.158. The molecule has 5 nitrogen and oxygen atoms in total. The maximum atomic E-state index is 13.7. The van der Waals surface area contributed by atoms with Crippen LogP contribution >= 0.6 is 0 Å². The molecule has 1 heterocycles. The van der Waals surface area contributed by atoms with E-state index in [1.54, 1.807) is 0 Å². The number of halogens is 2. The quantitative estimate of drug-likeness (QED) is 0.441. The smallest absolute Gasteiger partial charge is 0.323 e. The second-order valence-corrected chi connectivity index (χ2v) is 7.62. The number of hydrogen-bond donors (Lipinski definition) is 2. The maximum absolute atomic E-state index is 13.7. The summed E-state index contributed by atoms with van der Waals surface area (Å²) in [6.07, 6.45) is 0. The summed E-state index contributed by atoms with van der Waals surface area (Å²) in [5.41, 5.74) is 3.55. The predicted molar refractivity (Wildman–Crippen MR) is 117 cm³/mol. The minimum Gasteiger partial charge on any atom is -0.480 e. The number of rotatable bonds is 6. The van der Waals surface area contributed by atoms with Gasteiger partial charge in [0.05, 0.1) is 0 Å². The number of aryl methyl sites for hydroxylation is 1. The lowest BCUT2D eigenvalue weighted by Crippen LogP contribution is -2.35. The van der Waals surface area contributed by atoms with Crippen LogP contribution < -0.4 is 0 Å². The monoisotopic (exact) mass is 434 g/mol. The molecule has 2 N–H and O–H groups in total. The zero-order valence-corrected chi connectivity index (χ0v) is 17.2. The van der Waals surface area contributed by atoms with E-state index in [1.165, 1.54) is 0 Å². The van der Waals surface area contributed by atoms with Crippen LogP contribution in [0.2, 0.25) is 0 Å². The van der Waals surface area contributed by atoms with Crippen LogP contribution in [0.15, 0.2) is 66.7 Å². The van der Waals surface area contributed by atoms with Crippen LogP contribution in [-0.4, -0.2) is 33.4 Å². The van der Waals surface area contributed by atoms with Crippen molar-refractivity contribution in [2.45, 2.75) is 13.5 Å². The fourth-order valence-electron chi connectivity index (χ4n) is 3.81. The average molecular weight is 434 g/mol. The molecule has 32 heavy (non-hydrogen) atoms. The van der Waals surface area contributed by atoms with Gasteiger partial charge in [0, 0.05) is 29.1 Å². The summed E-state index contributed by atoms with van der Waals surface area (Å²) >= 11 is 0. The van der Waals surface area contributed by atoms with Gasteiger partial charge < -0.3 is 15.0 Å². The fraction of sp³-hybridized carbons (Fsp3) is 0.120. The topological polar surface area (TPSA) is 73.4 Å². The largest absolute Gasteiger partial charge is 0.480 e. The van der Waals surface area contributed by atoms with Crippen LogP contribution in [-0.2, 0) is 11.3 Å². The second kappa shape index (κ2) is 8.63. The highest BCUT2D eigenvalue weighted by molar-refractivity contribution is 6.10.